The molecule has 1 heterocycles. The van der Waals surface area contributed by atoms with Crippen molar-refractivity contribution in [2.75, 3.05) is 18.6 Å². The van der Waals surface area contributed by atoms with E-state index in [1.165, 1.54) is 11.8 Å². The Morgan fingerprint density at radius 1 is 0.970 bits per heavy atom. The summed E-state index contributed by atoms with van der Waals surface area (Å²) in [7, 11) is 1.62. The van der Waals surface area contributed by atoms with Gasteiger partial charge in [-0.2, -0.15) is 0 Å². The first-order chi connectivity index (χ1) is 16.2. The molecule has 168 valence electrons. The van der Waals surface area contributed by atoms with Crippen molar-refractivity contribution in [2.45, 2.75) is 19.8 Å². The lowest BCUT2D eigenvalue weighted by Crippen LogP contribution is -2.28. The number of nitrogens with zero attached hydrogens (tertiary/aromatic N) is 2. The van der Waals surface area contributed by atoms with Crippen LogP contribution >= 0.6 is 11.8 Å². The fraction of sp³-hybridized carbons (Fsp3) is 0.185. The van der Waals surface area contributed by atoms with Crippen LogP contribution in [0.3, 0.4) is 0 Å². The van der Waals surface area contributed by atoms with Crippen molar-refractivity contribution in [3.8, 4) is 11.5 Å². The number of carbonyl (C=O) groups excluding carboxylic acids is 1. The van der Waals surface area contributed by atoms with Crippen LogP contribution in [0.1, 0.15) is 25.3 Å². The molecule has 1 aliphatic rings. The zero-order chi connectivity index (χ0) is 23.0. The molecule has 3 aromatic carbocycles. The second kappa shape index (κ2) is 10.9. The molecule has 4 rings (SSSR count). The first kappa shape index (κ1) is 22.7. The van der Waals surface area contributed by atoms with E-state index in [0.29, 0.717) is 28.2 Å². The molecule has 0 bridgehead atoms. The Balaban J connectivity index is 1.67. The van der Waals surface area contributed by atoms with Crippen molar-refractivity contribution in [1.29, 1.82) is 0 Å². The Bertz CT molecular complexity index is 1160. The van der Waals surface area contributed by atoms with Crippen LogP contribution in [-0.2, 0) is 4.79 Å². The van der Waals surface area contributed by atoms with Crippen LogP contribution in [0, 0.1) is 0 Å². The highest BCUT2D eigenvalue weighted by Gasteiger charge is 2.34. The summed E-state index contributed by atoms with van der Waals surface area (Å²) in [6, 6.07) is 24.9. The van der Waals surface area contributed by atoms with Crippen LogP contribution in [0.2, 0.25) is 0 Å². The smallest absolute Gasteiger partial charge is 0.271 e. The van der Waals surface area contributed by atoms with E-state index >= 15 is 0 Å². The third-order valence-electron chi connectivity index (χ3n) is 5.04. The normalized spacial score (nSPS) is 15.9. The van der Waals surface area contributed by atoms with E-state index in [1.807, 2.05) is 84.9 Å². The zero-order valence-electron chi connectivity index (χ0n) is 18.7. The second-order valence-electron chi connectivity index (χ2n) is 7.43. The average molecular weight is 459 g/mol. The lowest BCUT2D eigenvalue weighted by atomic mass is 10.1. The molecular weight excluding hydrogens is 432 g/mol. The van der Waals surface area contributed by atoms with Crippen LogP contribution in [0.15, 0.2) is 88.8 Å². The van der Waals surface area contributed by atoms with Crippen molar-refractivity contribution in [1.82, 2.24) is 0 Å². The van der Waals surface area contributed by atoms with Gasteiger partial charge in [0.05, 0.1) is 30.0 Å². The van der Waals surface area contributed by atoms with Crippen LogP contribution in [-0.4, -0.2) is 24.8 Å². The van der Waals surface area contributed by atoms with E-state index in [0.717, 1.165) is 29.8 Å². The number of aliphatic imine (C=N–C) groups is 1. The van der Waals surface area contributed by atoms with Crippen molar-refractivity contribution < 1.29 is 14.3 Å². The zero-order valence-corrected chi connectivity index (χ0v) is 19.5. The number of hydrogen-bond donors (Lipinski definition) is 0. The number of thioether (sulfide) groups is 1. The Labute approximate surface area is 198 Å². The van der Waals surface area contributed by atoms with Gasteiger partial charge in [-0.1, -0.05) is 55.8 Å². The summed E-state index contributed by atoms with van der Waals surface area (Å²) in [5.41, 5.74) is 2.44. The molecule has 6 heteroatoms. The van der Waals surface area contributed by atoms with Gasteiger partial charge in [0, 0.05) is 0 Å². The molecule has 1 aliphatic heterocycles. The van der Waals surface area contributed by atoms with Gasteiger partial charge >= 0.3 is 0 Å². The number of hydrogen-bond acceptors (Lipinski definition) is 5. The Morgan fingerprint density at radius 3 is 2.39 bits per heavy atom. The number of para-hydroxylation sites is 2. The number of rotatable bonds is 8. The molecule has 0 unspecified atom stereocenters. The predicted molar refractivity (Wildman–Crippen MR) is 136 cm³/mol. The Kier molecular flexibility index (Phi) is 7.47. The average Bonchev–Trinajstić information content (AvgIpc) is 3.15. The number of methoxy groups -OCH3 is 1. The van der Waals surface area contributed by atoms with Crippen molar-refractivity contribution in [3.05, 3.63) is 89.3 Å². The molecule has 3 aromatic rings. The number of amides is 1. The third-order valence-corrected chi connectivity index (χ3v) is 6.01. The number of carbonyl (C=O) groups is 1. The maximum Gasteiger partial charge on any atom is 0.271 e. The van der Waals surface area contributed by atoms with Gasteiger partial charge in [0.25, 0.3) is 5.91 Å². The van der Waals surface area contributed by atoms with Gasteiger partial charge in [-0.25, -0.2) is 4.99 Å². The molecule has 0 N–H and O–H groups in total. The molecule has 0 aromatic heterocycles. The van der Waals surface area contributed by atoms with E-state index in [4.69, 9.17) is 14.5 Å². The fourth-order valence-corrected chi connectivity index (χ4v) is 4.34. The topological polar surface area (TPSA) is 51.1 Å². The maximum atomic E-state index is 13.4. The monoisotopic (exact) mass is 458 g/mol. The number of anilines is 1. The van der Waals surface area contributed by atoms with Crippen molar-refractivity contribution in [3.63, 3.8) is 0 Å². The third kappa shape index (κ3) is 5.46. The minimum Gasteiger partial charge on any atom is -0.493 e. The molecule has 0 radical (unpaired) electrons. The summed E-state index contributed by atoms with van der Waals surface area (Å²) in [5, 5.41) is 0.620. The maximum absolute atomic E-state index is 13.4. The second-order valence-corrected chi connectivity index (χ2v) is 8.44. The van der Waals surface area contributed by atoms with Gasteiger partial charge in [0.15, 0.2) is 16.7 Å². The van der Waals surface area contributed by atoms with Crippen LogP contribution in [0.25, 0.3) is 6.08 Å². The van der Waals surface area contributed by atoms with Crippen LogP contribution in [0.5, 0.6) is 11.5 Å². The molecule has 0 aliphatic carbocycles. The standard InChI is InChI=1S/C27H26N2O3S/c1-3-4-17-32-23-16-15-20(18-24(23)31-2)19-25-26(30)29(22-13-9-6-10-14-22)27(33-25)28-21-11-7-5-8-12-21/h5-16,18-19H,3-4,17H2,1-2H3/b25-19+,28-27?. The van der Waals surface area contributed by atoms with E-state index in [1.54, 1.807) is 12.0 Å². The Hall–Kier alpha value is -3.51. The number of amidine groups is 1. The summed E-state index contributed by atoms with van der Waals surface area (Å²) in [6.45, 7) is 2.77. The molecular formula is C27H26N2O3S. The van der Waals surface area contributed by atoms with Crippen LogP contribution < -0.4 is 14.4 Å². The summed E-state index contributed by atoms with van der Waals surface area (Å²) in [6.07, 6.45) is 3.92. The summed E-state index contributed by atoms with van der Waals surface area (Å²) >= 11 is 1.36. The first-order valence-electron chi connectivity index (χ1n) is 10.9. The predicted octanol–water partition coefficient (Wildman–Crippen LogP) is 6.68. The van der Waals surface area contributed by atoms with Gasteiger partial charge in [-0.05, 0) is 66.2 Å². The number of ether oxygens (including phenoxy) is 2. The van der Waals surface area contributed by atoms with Gasteiger partial charge in [0.1, 0.15) is 0 Å². The minimum atomic E-state index is -0.108. The molecule has 0 saturated carbocycles. The van der Waals surface area contributed by atoms with Crippen molar-refractivity contribution >= 4 is 40.3 Å². The fourth-order valence-electron chi connectivity index (χ4n) is 3.34. The summed E-state index contributed by atoms with van der Waals surface area (Å²) in [4.78, 5) is 20.4. The lowest BCUT2D eigenvalue weighted by molar-refractivity contribution is -0.113. The molecule has 0 atom stereocenters. The number of benzene rings is 3. The lowest BCUT2D eigenvalue weighted by Gasteiger charge is -2.15. The summed E-state index contributed by atoms with van der Waals surface area (Å²) < 4.78 is 11.3. The summed E-state index contributed by atoms with van der Waals surface area (Å²) in [5.74, 6) is 1.24. The highest BCUT2D eigenvalue weighted by atomic mass is 32.2. The van der Waals surface area contributed by atoms with Crippen LogP contribution in [0.4, 0.5) is 11.4 Å². The van der Waals surface area contributed by atoms with Gasteiger partial charge < -0.3 is 9.47 Å². The van der Waals surface area contributed by atoms with Gasteiger partial charge in [0.2, 0.25) is 0 Å². The SMILES string of the molecule is CCCCOc1ccc(/C=C2/SC(=Nc3ccccc3)N(c3ccccc3)C2=O)cc1OC. The molecule has 1 fully saturated rings. The number of unbranched alkanes of at least 4 members (excludes halogenated alkanes) is 1. The minimum absolute atomic E-state index is 0.108. The molecule has 33 heavy (non-hydrogen) atoms. The Morgan fingerprint density at radius 2 is 1.70 bits per heavy atom. The quantitative estimate of drug-likeness (QED) is 0.279. The van der Waals surface area contributed by atoms with E-state index < -0.39 is 0 Å². The van der Waals surface area contributed by atoms with E-state index in [-0.39, 0.29) is 5.91 Å². The van der Waals surface area contributed by atoms with Gasteiger partial charge in [-0.15, -0.1) is 0 Å². The largest absolute Gasteiger partial charge is 0.493 e. The highest BCUT2D eigenvalue weighted by Crippen LogP contribution is 2.38. The molecule has 1 amide bonds. The molecule has 5 nitrogen and oxygen atoms in total. The molecule has 0 spiro atoms. The van der Waals surface area contributed by atoms with E-state index in [9.17, 15) is 4.79 Å². The van der Waals surface area contributed by atoms with E-state index in [2.05, 4.69) is 6.92 Å². The molecule has 1 saturated heterocycles. The highest BCUT2D eigenvalue weighted by molar-refractivity contribution is 8.19. The van der Waals surface area contributed by atoms with Gasteiger partial charge in [-0.3, -0.25) is 9.69 Å². The first-order valence-corrected chi connectivity index (χ1v) is 11.7. The van der Waals surface area contributed by atoms with Crippen molar-refractivity contribution in [2.24, 2.45) is 4.99 Å².